The molecule has 0 fully saturated rings. The largest absolute Gasteiger partial charge is 0.445 e. The zero-order valence-electron chi connectivity index (χ0n) is 19.5. The lowest BCUT2D eigenvalue weighted by molar-refractivity contribution is -0.128. The summed E-state index contributed by atoms with van der Waals surface area (Å²) in [6.45, 7) is 3.98. The van der Waals surface area contributed by atoms with Gasteiger partial charge < -0.3 is 21.1 Å². The Bertz CT molecular complexity index is 1130. The fourth-order valence-corrected chi connectivity index (χ4v) is 3.71. The van der Waals surface area contributed by atoms with E-state index in [0.717, 1.165) is 21.9 Å². The van der Waals surface area contributed by atoms with Crippen molar-refractivity contribution in [1.82, 2.24) is 10.6 Å². The van der Waals surface area contributed by atoms with Gasteiger partial charge in [-0.3, -0.25) is 9.59 Å². The molecule has 0 bridgehead atoms. The fraction of sp³-hybridized carbons (Fsp3) is 0.296. The number of hydrogen-bond donors (Lipinski definition) is 3. The third-order valence-corrected chi connectivity index (χ3v) is 5.44. The van der Waals surface area contributed by atoms with Crippen molar-refractivity contribution in [3.63, 3.8) is 0 Å². The minimum atomic E-state index is -0.912. The Balaban J connectivity index is 1.64. The highest BCUT2D eigenvalue weighted by Gasteiger charge is 2.27. The van der Waals surface area contributed by atoms with E-state index in [4.69, 9.17) is 10.5 Å². The van der Waals surface area contributed by atoms with Crippen LogP contribution in [0, 0.1) is 5.92 Å². The lowest BCUT2D eigenvalue weighted by atomic mass is 10.00. The van der Waals surface area contributed by atoms with Gasteiger partial charge in [-0.1, -0.05) is 86.6 Å². The number of rotatable bonds is 10. The molecule has 0 radical (unpaired) electrons. The Hall–Kier alpha value is -3.87. The van der Waals surface area contributed by atoms with Crippen molar-refractivity contribution < 1.29 is 19.1 Å². The summed E-state index contributed by atoms with van der Waals surface area (Å²) >= 11 is 0. The summed E-state index contributed by atoms with van der Waals surface area (Å²) in [5.41, 5.74) is 7.31. The lowest BCUT2D eigenvalue weighted by Gasteiger charge is -2.23. The van der Waals surface area contributed by atoms with Gasteiger partial charge in [-0.2, -0.15) is 0 Å². The van der Waals surface area contributed by atoms with Gasteiger partial charge in [-0.05, 0) is 34.2 Å². The van der Waals surface area contributed by atoms with Crippen molar-refractivity contribution >= 4 is 28.7 Å². The molecule has 3 rings (SSSR count). The van der Waals surface area contributed by atoms with Gasteiger partial charge in [0.2, 0.25) is 11.8 Å². The zero-order chi connectivity index (χ0) is 24.5. The Kier molecular flexibility index (Phi) is 8.62. The molecule has 4 N–H and O–H groups in total. The van der Waals surface area contributed by atoms with Crippen LogP contribution >= 0.6 is 0 Å². The van der Waals surface area contributed by atoms with E-state index in [1.807, 2.05) is 86.6 Å². The van der Waals surface area contributed by atoms with E-state index in [1.54, 1.807) is 0 Å². The number of nitrogens with one attached hydrogen (secondary N) is 2. The van der Waals surface area contributed by atoms with Crippen LogP contribution in [0.3, 0.4) is 0 Å². The third-order valence-electron chi connectivity index (χ3n) is 5.44. The molecule has 0 aliphatic rings. The monoisotopic (exact) mass is 461 g/mol. The van der Waals surface area contributed by atoms with E-state index in [9.17, 15) is 14.4 Å². The second-order valence-corrected chi connectivity index (χ2v) is 8.74. The Morgan fingerprint density at radius 1 is 0.824 bits per heavy atom. The van der Waals surface area contributed by atoms with Gasteiger partial charge in [0.15, 0.2) is 0 Å². The molecule has 0 saturated heterocycles. The van der Waals surface area contributed by atoms with Gasteiger partial charge in [0.05, 0.1) is 0 Å². The molecular formula is C27H31N3O4. The first kappa shape index (κ1) is 24.8. The maximum atomic E-state index is 13.0. The molecule has 7 heteroatoms. The molecule has 0 spiro atoms. The van der Waals surface area contributed by atoms with Crippen molar-refractivity contribution in [3.8, 4) is 0 Å². The maximum absolute atomic E-state index is 13.0. The molecule has 2 atom stereocenters. The van der Waals surface area contributed by atoms with Crippen LogP contribution in [0.5, 0.6) is 0 Å². The molecule has 0 heterocycles. The molecule has 34 heavy (non-hydrogen) atoms. The molecule has 3 amide bonds. The normalized spacial score (nSPS) is 12.7. The molecule has 7 nitrogen and oxygen atoms in total. The quantitative estimate of drug-likeness (QED) is 0.428. The second-order valence-electron chi connectivity index (χ2n) is 8.74. The summed E-state index contributed by atoms with van der Waals surface area (Å²) in [6, 6.07) is 21.2. The van der Waals surface area contributed by atoms with Crippen molar-refractivity contribution in [2.45, 2.75) is 45.4 Å². The molecule has 178 valence electrons. The topological polar surface area (TPSA) is 111 Å². The second kappa shape index (κ2) is 11.8. The Morgan fingerprint density at radius 3 is 2.18 bits per heavy atom. The lowest BCUT2D eigenvalue weighted by Crippen LogP contribution is -2.54. The van der Waals surface area contributed by atoms with E-state index in [1.165, 1.54) is 0 Å². The minimum absolute atomic E-state index is 0.0918. The number of amides is 3. The smallest absolute Gasteiger partial charge is 0.408 e. The number of carbonyl (C=O) groups excluding carboxylic acids is 3. The number of nitrogens with two attached hydrogens (primary N) is 1. The van der Waals surface area contributed by atoms with Crippen LogP contribution in [0.2, 0.25) is 0 Å². The highest BCUT2D eigenvalue weighted by molar-refractivity contribution is 5.91. The molecule has 0 aromatic heterocycles. The first-order valence-corrected chi connectivity index (χ1v) is 11.4. The average molecular weight is 462 g/mol. The van der Waals surface area contributed by atoms with Crippen LogP contribution in [0.25, 0.3) is 10.8 Å². The van der Waals surface area contributed by atoms with Crippen LogP contribution < -0.4 is 16.4 Å². The highest BCUT2D eigenvalue weighted by Crippen LogP contribution is 2.17. The Morgan fingerprint density at radius 2 is 1.50 bits per heavy atom. The van der Waals surface area contributed by atoms with Crippen molar-refractivity contribution in [3.05, 3.63) is 83.9 Å². The van der Waals surface area contributed by atoms with Crippen molar-refractivity contribution in [2.24, 2.45) is 11.7 Å². The average Bonchev–Trinajstić information content (AvgIpc) is 2.82. The molecule has 3 aromatic rings. The summed E-state index contributed by atoms with van der Waals surface area (Å²) < 4.78 is 5.26. The molecule has 0 aliphatic heterocycles. The SMILES string of the molecule is CC(C)C[C@H](NC(=O)OCc1ccccc1)C(=O)N[C@@H](Cc1ccc2ccccc2c1)C(N)=O. The number of ether oxygens (including phenoxy) is 1. The number of carbonyl (C=O) groups is 3. The first-order chi connectivity index (χ1) is 16.3. The standard InChI is InChI=1S/C27H31N3O4/c1-18(2)14-24(30-27(33)34-17-19-8-4-3-5-9-19)26(32)29-23(25(28)31)16-20-12-13-21-10-6-7-11-22(21)15-20/h3-13,15,18,23-24H,14,16-17H2,1-2H3,(H2,28,31)(H,29,32)(H,30,33)/t23-,24-/m0/s1. The first-order valence-electron chi connectivity index (χ1n) is 11.4. The minimum Gasteiger partial charge on any atom is -0.445 e. The van der Waals surface area contributed by atoms with Crippen molar-refractivity contribution in [2.75, 3.05) is 0 Å². The molecule has 0 unspecified atom stereocenters. The van der Waals surface area contributed by atoms with Gasteiger partial charge in [-0.15, -0.1) is 0 Å². The number of alkyl carbamates (subject to hydrolysis) is 1. The summed E-state index contributed by atoms with van der Waals surface area (Å²) in [4.78, 5) is 37.5. The Labute approximate surface area is 199 Å². The molecule has 0 saturated carbocycles. The van der Waals surface area contributed by atoms with Crippen LogP contribution in [-0.2, 0) is 27.4 Å². The van der Waals surface area contributed by atoms with Gasteiger partial charge in [0, 0.05) is 6.42 Å². The van der Waals surface area contributed by atoms with Gasteiger partial charge in [0.25, 0.3) is 0 Å². The van der Waals surface area contributed by atoms with Gasteiger partial charge >= 0.3 is 6.09 Å². The fourth-order valence-electron chi connectivity index (χ4n) is 3.71. The summed E-state index contributed by atoms with van der Waals surface area (Å²) in [5, 5.41) is 7.46. The van der Waals surface area contributed by atoms with Crippen LogP contribution in [0.1, 0.15) is 31.4 Å². The summed E-state index contributed by atoms with van der Waals surface area (Å²) in [7, 11) is 0. The van der Waals surface area contributed by atoms with Crippen LogP contribution in [0.15, 0.2) is 72.8 Å². The summed E-state index contributed by atoms with van der Waals surface area (Å²) in [5.74, 6) is -0.996. The number of fused-ring (bicyclic) bond motifs is 1. The predicted octanol–water partition coefficient (Wildman–Crippen LogP) is 3.69. The third kappa shape index (κ3) is 7.33. The number of primary amides is 1. The van der Waals surface area contributed by atoms with Crippen molar-refractivity contribution in [1.29, 1.82) is 0 Å². The van der Waals surface area contributed by atoms with Crippen LogP contribution in [0.4, 0.5) is 4.79 Å². The number of hydrogen-bond acceptors (Lipinski definition) is 4. The number of benzene rings is 3. The van der Waals surface area contributed by atoms with Crippen LogP contribution in [-0.4, -0.2) is 30.0 Å². The highest BCUT2D eigenvalue weighted by atomic mass is 16.5. The van der Waals surface area contributed by atoms with Gasteiger partial charge in [-0.25, -0.2) is 4.79 Å². The van der Waals surface area contributed by atoms with E-state index < -0.39 is 30.0 Å². The molecule has 0 aliphatic carbocycles. The van der Waals surface area contributed by atoms with E-state index in [2.05, 4.69) is 10.6 Å². The predicted molar refractivity (Wildman–Crippen MR) is 132 cm³/mol. The summed E-state index contributed by atoms with van der Waals surface area (Å²) in [6.07, 6.45) is -0.0678. The maximum Gasteiger partial charge on any atom is 0.408 e. The molecular weight excluding hydrogens is 430 g/mol. The molecule has 3 aromatic carbocycles. The van der Waals surface area contributed by atoms with E-state index in [-0.39, 0.29) is 18.9 Å². The van der Waals surface area contributed by atoms with Gasteiger partial charge in [0.1, 0.15) is 18.7 Å². The van der Waals surface area contributed by atoms with E-state index in [0.29, 0.717) is 6.42 Å². The van der Waals surface area contributed by atoms with E-state index >= 15 is 0 Å². The zero-order valence-corrected chi connectivity index (χ0v) is 19.5.